The van der Waals surface area contributed by atoms with Gasteiger partial charge in [0.15, 0.2) is 21.3 Å². The van der Waals surface area contributed by atoms with Crippen molar-refractivity contribution in [2.24, 2.45) is 0 Å². The topological polar surface area (TPSA) is 101 Å². The first-order valence-electron chi connectivity index (χ1n) is 12.7. The van der Waals surface area contributed by atoms with Crippen LogP contribution in [0.5, 0.6) is 17.2 Å². The fraction of sp³-hybridized carbons (Fsp3) is 0.161. The lowest BCUT2D eigenvalue weighted by atomic mass is 10.1. The van der Waals surface area contributed by atoms with Crippen LogP contribution in [-0.4, -0.2) is 42.1 Å². The highest BCUT2D eigenvalue weighted by molar-refractivity contribution is 7.92. The molecule has 8 nitrogen and oxygen atoms in total. The van der Waals surface area contributed by atoms with Gasteiger partial charge in [-0.2, -0.15) is 0 Å². The minimum Gasteiger partial charge on any atom is -0.493 e. The predicted octanol–water partition coefficient (Wildman–Crippen LogP) is 5.66. The van der Waals surface area contributed by atoms with Crippen molar-refractivity contribution in [1.82, 2.24) is 3.97 Å². The fourth-order valence-electron chi connectivity index (χ4n) is 4.96. The molecule has 4 aromatic carbocycles. The summed E-state index contributed by atoms with van der Waals surface area (Å²) in [5, 5.41) is -0.696. The first-order chi connectivity index (χ1) is 19.7. The van der Waals surface area contributed by atoms with E-state index in [4.69, 9.17) is 14.2 Å². The second kappa shape index (κ2) is 11.3. The van der Waals surface area contributed by atoms with Crippen LogP contribution in [0.3, 0.4) is 0 Å². The molecular weight excluding hydrogens is 562 g/mol. The van der Waals surface area contributed by atoms with Crippen molar-refractivity contribution in [2.75, 3.05) is 21.3 Å². The van der Waals surface area contributed by atoms with Crippen molar-refractivity contribution >= 4 is 30.8 Å². The molecule has 0 aliphatic carbocycles. The summed E-state index contributed by atoms with van der Waals surface area (Å²) in [6.07, 6.45) is -0.0748. The summed E-state index contributed by atoms with van der Waals surface area (Å²) >= 11 is 0. The number of fused-ring (bicyclic) bond motifs is 1. The van der Waals surface area contributed by atoms with Crippen LogP contribution >= 0.6 is 0 Å². The van der Waals surface area contributed by atoms with Gasteiger partial charge in [0.2, 0.25) is 5.75 Å². The van der Waals surface area contributed by atoms with Crippen molar-refractivity contribution in [2.45, 2.75) is 21.5 Å². The van der Waals surface area contributed by atoms with Gasteiger partial charge in [0.25, 0.3) is 10.0 Å². The van der Waals surface area contributed by atoms with Crippen LogP contribution in [0, 0.1) is 0 Å². The maximum Gasteiger partial charge on any atom is 0.268 e. The number of ether oxygens (including phenoxy) is 3. The average Bonchev–Trinajstić information content (AvgIpc) is 3.40. The Kier molecular flexibility index (Phi) is 7.79. The van der Waals surface area contributed by atoms with Gasteiger partial charge in [-0.1, -0.05) is 54.6 Å². The monoisotopic (exact) mass is 591 g/mol. The van der Waals surface area contributed by atoms with E-state index in [1.807, 2.05) is 0 Å². The summed E-state index contributed by atoms with van der Waals surface area (Å²) in [5.74, 6) is 1.08. The number of rotatable bonds is 10. The highest BCUT2D eigenvalue weighted by atomic mass is 32.2. The molecule has 0 spiro atoms. The number of methoxy groups -OCH3 is 3. The lowest BCUT2D eigenvalue weighted by Crippen LogP contribution is -2.23. The molecule has 0 saturated heterocycles. The van der Waals surface area contributed by atoms with Gasteiger partial charge in [-0.05, 0) is 60.5 Å². The minimum atomic E-state index is -4.19. The van der Waals surface area contributed by atoms with Crippen LogP contribution < -0.4 is 14.2 Å². The molecule has 0 bridgehead atoms. The summed E-state index contributed by atoms with van der Waals surface area (Å²) < 4.78 is 74.6. The number of hydrogen-bond donors (Lipinski definition) is 0. The maximum atomic E-state index is 14.4. The zero-order chi connectivity index (χ0) is 29.2. The van der Waals surface area contributed by atoms with Gasteiger partial charge in [-0.25, -0.2) is 20.8 Å². The SMILES string of the molecule is COc1cc(C[C@@H](c2cc3ccccc3n2S(=O)(=O)c2ccccc2)S(=O)(=O)c2ccccc2)cc(OC)c1OC. The molecule has 0 unspecified atom stereocenters. The van der Waals surface area contributed by atoms with Crippen LogP contribution in [0.25, 0.3) is 10.9 Å². The number of nitrogens with zero attached hydrogens (tertiary/aromatic N) is 1. The van der Waals surface area contributed by atoms with Crippen LogP contribution in [0.1, 0.15) is 16.5 Å². The van der Waals surface area contributed by atoms with Crippen LogP contribution in [-0.2, 0) is 26.3 Å². The maximum absolute atomic E-state index is 14.4. The van der Waals surface area contributed by atoms with Crippen molar-refractivity contribution in [3.63, 3.8) is 0 Å². The van der Waals surface area contributed by atoms with Gasteiger partial charge in [0.05, 0.1) is 42.3 Å². The van der Waals surface area contributed by atoms with E-state index in [1.165, 1.54) is 45.6 Å². The molecular formula is C31H29NO7S2. The molecule has 1 heterocycles. The second-order valence-electron chi connectivity index (χ2n) is 9.29. The first kappa shape index (κ1) is 28.3. The van der Waals surface area contributed by atoms with Crippen molar-refractivity contribution in [3.05, 3.63) is 114 Å². The average molecular weight is 592 g/mol. The van der Waals surface area contributed by atoms with Gasteiger partial charge in [-0.3, -0.25) is 0 Å². The second-order valence-corrected chi connectivity index (χ2v) is 13.2. The van der Waals surface area contributed by atoms with Crippen molar-refractivity contribution < 1.29 is 31.0 Å². The Balaban J connectivity index is 1.80. The molecule has 0 radical (unpaired) electrons. The van der Waals surface area contributed by atoms with E-state index in [0.717, 1.165) is 3.97 Å². The highest BCUT2D eigenvalue weighted by Crippen LogP contribution is 2.42. The van der Waals surface area contributed by atoms with Crippen molar-refractivity contribution in [3.8, 4) is 17.2 Å². The van der Waals surface area contributed by atoms with E-state index >= 15 is 0 Å². The third-order valence-corrected chi connectivity index (χ3v) is 10.7. The standard InChI is InChI=1S/C31H29NO7S2/c1-37-28-18-22(19-29(38-2)31(28)39-3)20-30(40(33,34)24-13-6-4-7-14-24)27-21-23-12-10-11-17-26(23)32(27)41(35,36)25-15-8-5-9-16-25/h4-19,21,30H,20H2,1-3H3/t30-/m0/s1. The summed E-state index contributed by atoms with van der Waals surface area (Å²) in [7, 11) is -3.87. The zero-order valence-corrected chi connectivity index (χ0v) is 24.4. The van der Waals surface area contributed by atoms with E-state index in [2.05, 4.69) is 0 Å². The third-order valence-electron chi connectivity index (χ3n) is 6.90. The highest BCUT2D eigenvalue weighted by Gasteiger charge is 2.36. The Hall–Kier alpha value is -4.28. The van der Waals surface area contributed by atoms with Crippen molar-refractivity contribution in [1.29, 1.82) is 0 Å². The molecule has 1 atom stereocenters. The molecule has 0 aliphatic heterocycles. The van der Waals surface area contributed by atoms with Gasteiger partial charge in [0, 0.05) is 5.39 Å². The Labute approximate surface area is 239 Å². The normalized spacial score (nSPS) is 12.7. The Morgan fingerprint density at radius 3 is 1.76 bits per heavy atom. The number of para-hydroxylation sites is 1. The van der Waals surface area contributed by atoms with Gasteiger partial charge >= 0.3 is 0 Å². The van der Waals surface area contributed by atoms with Gasteiger partial charge in [0.1, 0.15) is 5.25 Å². The molecule has 0 amide bonds. The molecule has 10 heteroatoms. The van der Waals surface area contributed by atoms with E-state index < -0.39 is 25.1 Å². The molecule has 41 heavy (non-hydrogen) atoms. The summed E-state index contributed by atoms with van der Waals surface area (Å²) in [4.78, 5) is 0.123. The van der Waals surface area contributed by atoms with E-state index in [-0.39, 0.29) is 21.9 Å². The number of hydrogen-bond acceptors (Lipinski definition) is 7. The van der Waals surface area contributed by atoms with Crippen LogP contribution in [0.4, 0.5) is 0 Å². The summed E-state index contributed by atoms with van der Waals surface area (Å²) in [6, 6.07) is 27.9. The van der Waals surface area contributed by atoms with Gasteiger partial charge < -0.3 is 14.2 Å². The number of aromatic nitrogens is 1. The fourth-order valence-corrected chi connectivity index (χ4v) is 8.39. The Morgan fingerprint density at radius 2 is 1.20 bits per heavy atom. The number of sulfone groups is 1. The third kappa shape index (κ3) is 5.16. The van der Waals surface area contributed by atoms with E-state index in [0.29, 0.717) is 33.7 Å². The quantitative estimate of drug-likeness (QED) is 0.207. The predicted molar refractivity (Wildman–Crippen MR) is 157 cm³/mol. The lowest BCUT2D eigenvalue weighted by molar-refractivity contribution is 0.323. The molecule has 0 fully saturated rings. The molecule has 212 valence electrons. The summed E-state index contributed by atoms with van der Waals surface area (Å²) in [5.41, 5.74) is 1.05. The molecule has 5 aromatic rings. The van der Waals surface area contributed by atoms with Crippen LogP contribution in [0.15, 0.2) is 113 Å². The zero-order valence-electron chi connectivity index (χ0n) is 22.7. The molecule has 0 saturated carbocycles. The summed E-state index contributed by atoms with van der Waals surface area (Å²) in [6.45, 7) is 0. The van der Waals surface area contributed by atoms with Crippen LogP contribution in [0.2, 0.25) is 0 Å². The van der Waals surface area contributed by atoms with E-state index in [1.54, 1.807) is 78.9 Å². The first-order valence-corrected chi connectivity index (χ1v) is 15.7. The largest absolute Gasteiger partial charge is 0.493 e. The van der Waals surface area contributed by atoms with E-state index in [9.17, 15) is 16.8 Å². The molecule has 0 N–H and O–H groups in total. The molecule has 0 aliphatic rings. The smallest absolute Gasteiger partial charge is 0.268 e. The minimum absolute atomic E-state index is 0.0475. The Morgan fingerprint density at radius 1 is 0.659 bits per heavy atom. The lowest BCUT2D eigenvalue weighted by Gasteiger charge is -2.22. The molecule has 5 rings (SSSR count). The van der Waals surface area contributed by atoms with Gasteiger partial charge in [-0.15, -0.1) is 0 Å². The molecule has 1 aromatic heterocycles. The Bertz CT molecular complexity index is 1880. The number of benzene rings is 4.